The standard InChI is InChI=1S/C29H23N5O2S2/c1-17-9-6-7-12-21(17)32-27(35)24-18(2)31-29-34(26(24)22-13-8-14-37-22)28(36)23(38-29)15-20-16-30-33-25(20)19-10-4-3-5-11-19/h3-16,26H,1-2H3,(H,30,33)(H,32,35)/b23-15+/t26-/m1/s1. The molecule has 4 heterocycles. The number of nitrogens with zero attached hydrogens (tertiary/aromatic N) is 3. The van der Waals surface area contributed by atoms with Crippen LogP contribution in [-0.4, -0.2) is 20.7 Å². The first-order valence-electron chi connectivity index (χ1n) is 12.0. The van der Waals surface area contributed by atoms with Gasteiger partial charge in [-0.15, -0.1) is 11.3 Å². The van der Waals surface area contributed by atoms with Gasteiger partial charge in [-0.3, -0.25) is 19.3 Å². The van der Waals surface area contributed by atoms with E-state index in [0.29, 0.717) is 20.6 Å². The Bertz CT molecular complexity index is 1860. The van der Waals surface area contributed by atoms with Crippen molar-refractivity contribution in [3.8, 4) is 11.3 Å². The average Bonchev–Trinajstić information content (AvgIpc) is 3.67. The zero-order valence-electron chi connectivity index (χ0n) is 20.6. The minimum Gasteiger partial charge on any atom is -0.322 e. The van der Waals surface area contributed by atoms with E-state index in [1.165, 1.54) is 22.7 Å². The molecule has 0 aliphatic carbocycles. The van der Waals surface area contributed by atoms with Gasteiger partial charge in [-0.1, -0.05) is 65.9 Å². The van der Waals surface area contributed by atoms with Crippen LogP contribution in [0, 0.1) is 6.92 Å². The van der Waals surface area contributed by atoms with Gasteiger partial charge in [0.2, 0.25) is 0 Å². The van der Waals surface area contributed by atoms with Gasteiger partial charge in [0.25, 0.3) is 11.5 Å². The van der Waals surface area contributed by atoms with Crippen LogP contribution in [0.2, 0.25) is 0 Å². The molecule has 9 heteroatoms. The fraction of sp³-hybridized carbons (Fsp3) is 0.103. The molecule has 5 aromatic rings. The number of anilines is 1. The predicted octanol–water partition coefficient (Wildman–Crippen LogP) is 4.63. The maximum Gasteiger partial charge on any atom is 0.271 e. The van der Waals surface area contributed by atoms with Crippen molar-refractivity contribution in [2.75, 3.05) is 5.32 Å². The zero-order valence-corrected chi connectivity index (χ0v) is 22.3. The molecular formula is C29H23N5O2S2. The van der Waals surface area contributed by atoms with Crippen LogP contribution >= 0.6 is 22.7 Å². The molecule has 38 heavy (non-hydrogen) atoms. The van der Waals surface area contributed by atoms with Gasteiger partial charge in [0.1, 0.15) is 6.04 Å². The second kappa shape index (κ2) is 9.85. The fourth-order valence-electron chi connectivity index (χ4n) is 4.61. The van der Waals surface area contributed by atoms with Crippen LogP contribution in [0.3, 0.4) is 0 Å². The number of carbonyl (C=O) groups is 1. The minimum atomic E-state index is -0.574. The predicted molar refractivity (Wildman–Crippen MR) is 152 cm³/mol. The summed E-state index contributed by atoms with van der Waals surface area (Å²) in [6.45, 7) is 3.77. The van der Waals surface area contributed by atoms with Gasteiger partial charge >= 0.3 is 0 Å². The van der Waals surface area contributed by atoms with Crippen molar-refractivity contribution < 1.29 is 4.79 Å². The third-order valence-corrected chi connectivity index (χ3v) is 8.40. The lowest BCUT2D eigenvalue weighted by Crippen LogP contribution is -2.40. The lowest BCUT2D eigenvalue weighted by molar-refractivity contribution is -0.113. The van der Waals surface area contributed by atoms with Gasteiger partial charge in [-0.25, -0.2) is 4.99 Å². The molecular weight excluding hydrogens is 514 g/mol. The number of amides is 1. The maximum atomic E-state index is 13.9. The van der Waals surface area contributed by atoms with Crippen molar-refractivity contribution in [2.45, 2.75) is 19.9 Å². The molecule has 2 aromatic carbocycles. The second-order valence-electron chi connectivity index (χ2n) is 8.93. The first-order chi connectivity index (χ1) is 18.5. The topological polar surface area (TPSA) is 92.1 Å². The molecule has 3 aromatic heterocycles. The number of thiophene rings is 1. The molecule has 0 spiro atoms. The summed E-state index contributed by atoms with van der Waals surface area (Å²) < 4.78 is 2.17. The third-order valence-electron chi connectivity index (χ3n) is 6.49. The van der Waals surface area contributed by atoms with Crippen LogP contribution in [0.1, 0.15) is 29.0 Å². The van der Waals surface area contributed by atoms with E-state index in [1.807, 2.05) is 92.0 Å². The number of nitrogens with one attached hydrogen (secondary N) is 2. The molecule has 2 N–H and O–H groups in total. The monoisotopic (exact) mass is 537 g/mol. The Kier molecular flexibility index (Phi) is 6.22. The molecule has 1 aliphatic rings. The first-order valence-corrected chi connectivity index (χ1v) is 13.7. The highest BCUT2D eigenvalue weighted by atomic mass is 32.1. The van der Waals surface area contributed by atoms with E-state index in [4.69, 9.17) is 4.99 Å². The molecule has 1 amide bonds. The molecule has 0 saturated carbocycles. The van der Waals surface area contributed by atoms with E-state index in [-0.39, 0.29) is 11.5 Å². The highest BCUT2D eigenvalue weighted by Gasteiger charge is 2.33. The number of hydrogen-bond acceptors (Lipinski definition) is 6. The summed E-state index contributed by atoms with van der Waals surface area (Å²) in [4.78, 5) is 33.7. The lowest BCUT2D eigenvalue weighted by Gasteiger charge is -2.24. The highest BCUT2D eigenvalue weighted by Crippen LogP contribution is 2.33. The molecule has 0 fully saturated rings. The first kappa shape index (κ1) is 24.0. The number of H-pyrrole nitrogens is 1. The van der Waals surface area contributed by atoms with Gasteiger partial charge < -0.3 is 5.32 Å². The molecule has 1 aliphatic heterocycles. The summed E-state index contributed by atoms with van der Waals surface area (Å²) in [5.74, 6) is -0.269. The van der Waals surface area contributed by atoms with Crippen LogP contribution in [-0.2, 0) is 4.79 Å². The number of thiazole rings is 1. The molecule has 0 saturated heterocycles. The number of aryl methyl sites for hydroxylation is 1. The number of hydrogen-bond donors (Lipinski definition) is 2. The Morgan fingerprint density at radius 2 is 1.84 bits per heavy atom. The SMILES string of the molecule is CC1=C(C(=O)Nc2ccccc2C)[C@@H](c2cccs2)n2c(s/c(=C/c3cn[nH]c3-c3ccccc3)c2=O)=N1. The lowest BCUT2D eigenvalue weighted by atomic mass is 10.0. The summed E-state index contributed by atoms with van der Waals surface area (Å²) in [6, 6.07) is 20.8. The van der Waals surface area contributed by atoms with E-state index in [1.54, 1.807) is 10.8 Å². The van der Waals surface area contributed by atoms with Crippen molar-refractivity contribution in [3.05, 3.63) is 125 Å². The molecule has 7 nitrogen and oxygen atoms in total. The van der Waals surface area contributed by atoms with Gasteiger partial charge in [0.15, 0.2) is 4.80 Å². The van der Waals surface area contributed by atoms with Crippen molar-refractivity contribution in [1.29, 1.82) is 0 Å². The van der Waals surface area contributed by atoms with Crippen molar-refractivity contribution in [2.24, 2.45) is 4.99 Å². The summed E-state index contributed by atoms with van der Waals surface area (Å²) >= 11 is 2.83. The van der Waals surface area contributed by atoms with Crippen molar-refractivity contribution in [1.82, 2.24) is 14.8 Å². The minimum absolute atomic E-state index is 0.193. The smallest absolute Gasteiger partial charge is 0.271 e. The van der Waals surface area contributed by atoms with Gasteiger partial charge in [-0.2, -0.15) is 5.10 Å². The number of para-hydroxylation sites is 1. The summed E-state index contributed by atoms with van der Waals surface area (Å²) in [5, 5.41) is 12.2. The van der Waals surface area contributed by atoms with Crippen molar-refractivity contribution >= 4 is 40.3 Å². The van der Waals surface area contributed by atoms with Crippen molar-refractivity contribution in [3.63, 3.8) is 0 Å². The van der Waals surface area contributed by atoms with Gasteiger partial charge in [0, 0.05) is 21.7 Å². The third kappa shape index (κ3) is 4.25. The molecule has 0 unspecified atom stereocenters. The van der Waals surface area contributed by atoms with Crippen LogP contribution in [0.5, 0.6) is 0 Å². The Labute approximate surface area is 226 Å². The fourth-order valence-corrected chi connectivity index (χ4v) is 6.47. The number of rotatable bonds is 5. The number of aromatic amines is 1. The van der Waals surface area contributed by atoms with E-state index < -0.39 is 6.04 Å². The molecule has 1 atom stereocenters. The van der Waals surface area contributed by atoms with Crippen LogP contribution < -0.4 is 20.2 Å². The Hall–Kier alpha value is -4.34. The zero-order chi connectivity index (χ0) is 26.2. The Balaban J connectivity index is 1.48. The number of benzene rings is 2. The van der Waals surface area contributed by atoms with E-state index >= 15 is 0 Å². The van der Waals surface area contributed by atoms with Crippen LogP contribution in [0.25, 0.3) is 17.3 Å². The molecule has 0 bridgehead atoms. The number of allylic oxidation sites excluding steroid dienone is 1. The summed E-state index contributed by atoms with van der Waals surface area (Å²) in [5.41, 5.74) is 5.17. The van der Waals surface area contributed by atoms with E-state index in [0.717, 1.165) is 32.9 Å². The maximum absolute atomic E-state index is 13.9. The number of carbonyl (C=O) groups excluding carboxylic acids is 1. The number of aromatic nitrogens is 3. The normalized spacial score (nSPS) is 15.3. The largest absolute Gasteiger partial charge is 0.322 e. The van der Waals surface area contributed by atoms with Crippen LogP contribution in [0.15, 0.2) is 99.4 Å². The van der Waals surface area contributed by atoms with E-state index in [2.05, 4.69) is 15.5 Å². The second-order valence-corrected chi connectivity index (χ2v) is 10.9. The van der Waals surface area contributed by atoms with E-state index in [9.17, 15) is 9.59 Å². The molecule has 0 radical (unpaired) electrons. The van der Waals surface area contributed by atoms with Gasteiger partial charge in [0.05, 0.1) is 27.7 Å². The Morgan fingerprint density at radius 3 is 2.61 bits per heavy atom. The molecule has 188 valence electrons. The van der Waals surface area contributed by atoms with Gasteiger partial charge in [-0.05, 0) is 43.0 Å². The Morgan fingerprint density at radius 1 is 1.05 bits per heavy atom. The quantitative estimate of drug-likeness (QED) is 0.342. The number of fused-ring (bicyclic) bond motifs is 1. The summed E-state index contributed by atoms with van der Waals surface area (Å²) in [6.07, 6.45) is 3.55. The highest BCUT2D eigenvalue weighted by molar-refractivity contribution is 7.10. The average molecular weight is 538 g/mol. The van der Waals surface area contributed by atoms with Crippen LogP contribution in [0.4, 0.5) is 5.69 Å². The summed E-state index contributed by atoms with van der Waals surface area (Å²) in [7, 11) is 0. The molecule has 6 rings (SSSR count).